The molecular formula is C19H25N7. The molecule has 2 aromatic heterocycles. The Labute approximate surface area is 153 Å². The van der Waals surface area contributed by atoms with Crippen molar-refractivity contribution >= 4 is 5.96 Å². The molecule has 0 aliphatic carbocycles. The third-order valence-corrected chi connectivity index (χ3v) is 4.12. The summed E-state index contributed by atoms with van der Waals surface area (Å²) in [4.78, 5) is 8.34. The van der Waals surface area contributed by atoms with Crippen molar-refractivity contribution in [3.8, 4) is 5.69 Å². The molecule has 0 aliphatic rings. The van der Waals surface area contributed by atoms with Crippen LogP contribution in [0.1, 0.15) is 17.0 Å². The van der Waals surface area contributed by atoms with Gasteiger partial charge in [-0.3, -0.25) is 4.99 Å². The summed E-state index contributed by atoms with van der Waals surface area (Å²) < 4.78 is 4.01. The van der Waals surface area contributed by atoms with E-state index in [1.54, 1.807) is 13.2 Å². The van der Waals surface area contributed by atoms with E-state index in [1.165, 1.54) is 0 Å². The van der Waals surface area contributed by atoms with Gasteiger partial charge in [0.25, 0.3) is 0 Å². The van der Waals surface area contributed by atoms with Gasteiger partial charge in [0.15, 0.2) is 5.96 Å². The maximum atomic E-state index is 4.60. The Bertz CT molecular complexity index is 862. The van der Waals surface area contributed by atoms with E-state index in [2.05, 4.69) is 50.8 Å². The Kier molecular flexibility index (Phi) is 5.68. The minimum absolute atomic E-state index is 0.666. The van der Waals surface area contributed by atoms with Crippen molar-refractivity contribution in [3.05, 3.63) is 66.0 Å². The highest BCUT2D eigenvalue weighted by atomic mass is 15.3. The number of nitrogens with one attached hydrogen (secondary N) is 2. The molecule has 2 heterocycles. The van der Waals surface area contributed by atoms with Crippen LogP contribution in [0, 0.1) is 13.8 Å². The lowest BCUT2D eigenvalue weighted by molar-refractivity contribution is 0.661. The van der Waals surface area contributed by atoms with Crippen molar-refractivity contribution in [2.45, 2.75) is 26.9 Å². The standard InChI is InChI=1S/C19H25N7/c1-15-12-16(2)26(24-15)18-7-5-4-6-17(18)13-23-19(20-3)22-9-11-25-10-8-21-14-25/h4-8,10,12,14H,9,11,13H2,1-3H3,(H2,20,22,23). The third kappa shape index (κ3) is 4.30. The summed E-state index contributed by atoms with van der Waals surface area (Å²) >= 11 is 0. The molecule has 0 fully saturated rings. The van der Waals surface area contributed by atoms with E-state index in [4.69, 9.17) is 0 Å². The lowest BCUT2D eigenvalue weighted by atomic mass is 10.1. The number of hydrogen-bond acceptors (Lipinski definition) is 3. The minimum atomic E-state index is 0.666. The number of nitrogens with zero attached hydrogens (tertiary/aromatic N) is 5. The van der Waals surface area contributed by atoms with Crippen molar-refractivity contribution in [2.24, 2.45) is 4.99 Å². The van der Waals surface area contributed by atoms with Gasteiger partial charge in [-0.2, -0.15) is 5.10 Å². The van der Waals surface area contributed by atoms with Crippen LogP contribution in [0.4, 0.5) is 0 Å². The van der Waals surface area contributed by atoms with Gasteiger partial charge in [-0.1, -0.05) is 18.2 Å². The van der Waals surface area contributed by atoms with E-state index in [0.717, 1.165) is 41.7 Å². The summed E-state index contributed by atoms with van der Waals surface area (Å²) in [5.74, 6) is 0.772. The second-order valence-corrected chi connectivity index (χ2v) is 6.12. The molecule has 0 bridgehead atoms. The highest BCUT2D eigenvalue weighted by molar-refractivity contribution is 5.79. The Balaban J connectivity index is 1.62. The summed E-state index contributed by atoms with van der Waals surface area (Å²) in [6.07, 6.45) is 5.54. The Morgan fingerprint density at radius 2 is 2.04 bits per heavy atom. The normalized spacial score (nSPS) is 11.6. The second-order valence-electron chi connectivity index (χ2n) is 6.12. The summed E-state index contributed by atoms with van der Waals surface area (Å²) in [6, 6.07) is 10.4. The molecular weight excluding hydrogens is 326 g/mol. The first-order chi connectivity index (χ1) is 12.7. The molecule has 0 spiro atoms. The minimum Gasteiger partial charge on any atom is -0.355 e. The molecule has 136 valence electrons. The van der Waals surface area contributed by atoms with Gasteiger partial charge in [-0.15, -0.1) is 0 Å². The highest BCUT2D eigenvalue weighted by Gasteiger charge is 2.09. The highest BCUT2D eigenvalue weighted by Crippen LogP contribution is 2.16. The van der Waals surface area contributed by atoms with E-state index < -0.39 is 0 Å². The summed E-state index contributed by atoms with van der Waals surface area (Å²) in [7, 11) is 1.78. The largest absolute Gasteiger partial charge is 0.355 e. The van der Waals surface area contributed by atoms with Crippen molar-refractivity contribution in [1.82, 2.24) is 30.0 Å². The van der Waals surface area contributed by atoms with E-state index in [-0.39, 0.29) is 0 Å². The molecule has 0 radical (unpaired) electrons. The first-order valence-corrected chi connectivity index (χ1v) is 8.69. The van der Waals surface area contributed by atoms with E-state index in [0.29, 0.717) is 6.54 Å². The van der Waals surface area contributed by atoms with Crippen LogP contribution in [0.3, 0.4) is 0 Å². The SMILES string of the molecule is CN=C(NCCn1ccnc1)NCc1ccccc1-n1nc(C)cc1C. The molecule has 3 rings (SSSR count). The molecule has 0 unspecified atom stereocenters. The number of hydrogen-bond donors (Lipinski definition) is 2. The lowest BCUT2D eigenvalue weighted by Gasteiger charge is -2.15. The van der Waals surface area contributed by atoms with E-state index >= 15 is 0 Å². The van der Waals surface area contributed by atoms with Crippen molar-refractivity contribution < 1.29 is 0 Å². The molecule has 7 heteroatoms. The molecule has 0 saturated carbocycles. The predicted octanol–water partition coefficient (Wildman–Crippen LogP) is 2.05. The van der Waals surface area contributed by atoms with Crippen molar-refractivity contribution in [2.75, 3.05) is 13.6 Å². The summed E-state index contributed by atoms with van der Waals surface area (Å²) in [5.41, 5.74) is 4.38. The quantitative estimate of drug-likeness (QED) is 0.527. The molecule has 7 nitrogen and oxygen atoms in total. The number of para-hydroxylation sites is 1. The lowest BCUT2D eigenvalue weighted by Crippen LogP contribution is -2.38. The molecule has 3 aromatic rings. The number of aryl methyl sites for hydroxylation is 2. The van der Waals surface area contributed by atoms with Gasteiger partial charge in [0, 0.05) is 44.8 Å². The summed E-state index contributed by atoms with van der Waals surface area (Å²) in [5, 5.41) is 11.3. The number of benzene rings is 1. The van der Waals surface area contributed by atoms with Crippen molar-refractivity contribution in [3.63, 3.8) is 0 Å². The number of imidazole rings is 1. The monoisotopic (exact) mass is 351 g/mol. The van der Waals surface area contributed by atoms with E-state index in [1.807, 2.05) is 40.8 Å². The van der Waals surface area contributed by atoms with Crippen LogP contribution in [0.2, 0.25) is 0 Å². The zero-order chi connectivity index (χ0) is 18.4. The smallest absolute Gasteiger partial charge is 0.191 e. The molecule has 1 aromatic carbocycles. The van der Waals surface area contributed by atoms with Gasteiger partial charge in [0.05, 0.1) is 17.7 Å². The number of aliphatic imine (C=N–C) groups is 1. The Morgan fingerprint density at radius 1 is 1.19 bits per heavy atom. The fourth-order valence-corrected chi connectivity index (χ4v) is 2.86. The molecule has 2 N–H and O–H groups in total. The number of rotatable bonds is 6. The Hall–Kier alpha value is -3.09. The average Bonchev–Trinajstić information content (AvgIpc) is 3.27. The first-order valence-electron chi connectivity index (χ1n) is 8.69. The van der Waals surface area contributed by atoms with Crippen LogP contribution in [-0.2, 0) is 13.1 Å². The third-order valence-electron chi connectivity index (χ3n) is 4.12. The van der Waals surface area contributed by atoms with Gasteiger partial charge in [0.1, 0.15) is 0 Å². The van der Waals surface area contributed by atoms with Gasteiger partial charge in [0.2, 0.25) is 0 Å². The first kappa shape index (κ1) is 17.7. The van der Waals surface area contributed by atoms with Crippen LogP contribution in [0.5, 0.6) is 0 Å². The zero-order valence-electron chi connectivity index (χ0n) is 15.5. The summed E-state index contributed by atoms with van der Waals surface area (Å²) in [6.45, 7) is 6.36. The fraction of sp³-hybridized carbons (Fsp3) is 0.316. The van der Waals surface area contributed by atoms with Gasteiger partial charge in [-0.25, -0.2) is 9.67 Å². The maximum Gasteiger partial charge on any atom is 0.191 e. The van der Waals surface area contributed by atoms with E-state index in [9.17, 15) is 0 Å². The van der Waals surface area contributed by atoms with Crippen LogP contribution in [0.25, 0.3) is 5.69 Å². The van der Waals surface area contributed by atoms with Gasteiger partial charge in [-0.05, 0) is 31.5 Å². The van der Waals surface area contributed by atoms with Crippen LogP contribution in [0.15, 0.2) is 54.0 Å². The Morgan fingerprint density at radius 3 is 2.73 bits per heavy atom. The molecule has 0 aliphatic heterocycles. The number of guanidine groups is 1. The van der Waals surface area contributed by atoms with Gasteiger partial charge >= 0.3 is 0 Å². The van der Waals surface area contributed by atoms with Crippen LogP contribution >= 0.6 is 0 Å². The average molecular weight is 351 g/mol. The van der Waals surface area contributed by atoms with Gasteiger partial charge < -0.3 is 15.2 Å². The van der Waals surface area contributed by atoms with Crippen LogP contribution < -0.4 is 10.6 Å². The fourth-order valence-electron chi connectivity index (χ4n) is 2.86. The molecule has 0 saturated heterocycles. The zero-order valence-corrected chi connectivity index (χ0v) is 15.5. The molecule has 26 heavy (non-hydrogen) atoms. The molecule has 0 atom stereocenters. The maximum absolute atomic E-state index is 4.60. The van der Waals surface area contributed by atoms with Crippen molar-refractivity contribution in [1.29, 1.82) is 0 Å². The predicted molar refractivity (Wildman–Crippen MR) is 103 cm³/mol. The number of aromatic nitrogens is 4. The molecule has 0 amide bonds. The topological polar surface area (TPSA) is 72.1 Å². The second kappa shape index (κ2) is 8.33. The van der Waals surface area contributed by atoms with Crippen LogP contribution in [-0.4, -0.2) is 38.9 Å².